The predicted molar refractivity (Wildman–Crippen MR) is 109 cm³/mol. The summed E-state index contributed by atoms with van der Waals surface area (Å²) in [5, 5.41) is 3.43. The molecular formula is C23H22FN3O2. The molecule has 3 amide bonds. The van der Waals surface area contributed by atoms with Crippen molar-refractivity contribution in [2.24, 2.45) is 0 Å². The van der Waals surface area contributed by atoms with Gasteiger partial charge in [0.05, 0.1) is 12.1 Å². The summed E-state index contributed by atoms with van der Waals surface area (Å²) in [6, 6.07) is 13.4. The zero-order chi connectivity index (χ0) is 20.6. The summed E-state index contributed by atoms with van der Waals surface area (Å²) >= 11 is 0. The fourth-order valence-corrected chi connectivity index (χ4v) is 3.85. The fourth-order valence-electron chi connectivity index (χ4n) is 3.85. The number of nitrogens with one attached hydrogen (secondary N) is 1. The van der Waals surface area contributed by atoms with Gasteiger partial charge in [0.15, 0.2) is 0 Å². The number of hydrogen-bond acceptors (Lipinski definition) is 3. The van der Waals surface area contributed by atoms with Gasteiger partial charge in [-0.15, -0.1) is 0 Å². The second-order valence-electron chi connectivity index (χ2n) is 7.53. The van der Waals surface area contributed by atoms with Crippen LogP contribution in [0.2, 0.25) is 0 Å². The van der Waals surface area contributed by atoms with Crippen molar-refractivity contribution >= 4 is 22.8 Å². The molecule has 0 saturated carbocycles. The molecule has 6 heteroatoms. The van der Waals surface area contributed by atoms with Crippen LogP contribution in [-0.2, 0) is 23.3 Å². The van der Waals surface area contributed by atoms with E-state index in [9.17, 15) is 14.0 Å². The molecule has 148 valence electrons. The Morgan fingerprint density at radius 1 is 1.14 bits per heavy atom. The second kappa shape index (κ2) is 7.28. The lowest BCUT2D eigenvalue weighted by molar-refractivity contribution is -0.131. The summed E-state index contributed by atoms with van der Waals surface area (Å²) in [4.78, 5) is 31.3. The first-order chi connectivity index (χ1) is 13.9. The Balaban J connectivity index is 1.65. The average Bonchev–Trinajstić information content (AvgIpc) is 2.92. The van der Waals surface area contributed by atoms with Crippen LogP contribution in [0.4, 0.5) is 9.18 Å². The van der Waals surface area contributed by atoms with Crippen molar-refractivity contribution in [1.82, 2.24) is 15.2 Å². The minimum atomic E-state index is -1.15. The van der Waals surface area contributed by atoms with E-state index in [0.717, 1.165) is 23.3 Å². The van der Waals surface area contributed by atoms with Gasteiger partial charge < -0.3 is 5.32 Å². The van der Waals surface area contributed by atoms with Crippen molar-refractivity contribution in [3.63, 3.8) is 0 Å². The lowest BCUT2D eigenvalue weighted by atomic mass is 9.91. The molecule has 1 aliphatic rings. The number of amides is 3. The molecule has 1 unspecified atom stereocenters. The molecule has 4 rings (SSSR count). The van der Waals surface area contributed by atoms with E-state index in [1.165, 1.54) is 17.7 Å². The van der Waals surface area contributed by atoms with Gasteiger partial charge in [-0.2, -0.15) is 0 Å². The monoisotopic (exact) mass is 391 g/mol. The van der Waals surface area contributed by atoms with E-state index in [2.05, 4.69) is 17.2 Å². The van der Waals surface area contributed by atoms with Gasteiger partial charge in [-0.3, -0.25) is 14.7 Å². The number of urea groups is 1. The zero-order valence-corrected chi connectivity index (χ0v) is 16.4. The molecule has 1 fully saturated rings. The number of halogens is 1. The first-order valence-corrected chi connectivity index (χ1v) is 9.69. The first kappa shape index (κ1) is 19.1. The Morgan fingerprint density at radius 2 is 1.90 bits per heavy atom. The van der Waals surface area contributed by atoms with E-state index < -0.39 is 17.4 Å². The molecule has 1 atom stereocenters. The van der Waals surface area contributed by atoms with Gasteiger partial charge in [0, 0.05) is 17.1 Å². The smallest absolute Gasteiger partial charge is 0.319 e. The highest BCUT2D eigenvalue weighted by Crippen LogP contribution is 2.31. The number of imide groups is 1. The van der Waals surface area contributed by atoms with Gasteiger partial charge >= 0.3 is 6.03 Å². The van der Waals surface area contributed by atoms with E-state index in [-0.39, 0.29) is 12.5 Å². The molecule has 1 aromatic heterocycles. The van der Waals surface area contributed by atoms with Crippen LogP contribution < -0.4 is 5.32 Å². The summed E-state index contributed by atoms with van der Waals surface area (Å²) in [6.45, 7) is 3.77. The number of nitrogens with zero attached hydrogens (tertiary/aromatic N) is 2. The molecule has 0 aliphatic carbocycles. The van der Waals surface area contributed by atoms with Crippen LogP contribution in [0.5, 0.6) is 0 Å². The Labute approximate surface area is 168 Å². The minimum absolute atomic E-state index is 0.0422. The summed E-state index contributed by atoms with van der Waals surface area (Å²) in [7, 11) is 0. The van der Waals surface area contributed by atoms with Crippen LogP contribution >= 0.6 is 0 Å². The maximum atomic E-state index is 14.1. The molecule has 1 aliphatic heterocycles. The molecule has 0 bridgehead atoms. The maximum Gasteiger partial charge on any atom is 0.325 e. The number of rotatable bonds is 5. The molecule has 1 N–H and O–H groups in total. The Morgan fingerprint density at radius 3 is 2.62 bits per heavy atom. The highest BCUT2D eigenvalue weighted by molar-refractivity contribution is 6.07. The van der Waals surface area contributed by atoms with E-state index in [0.29, 0.717) is 16.5 Å². The lowest BCUT2D eigenvalue weighted by Crippen LogP contribution is -2.40. The van der Waals surface area contributed by atoms with Crippen LogP contribution in [0.15, 0.2) is 54.7 Å². The van der Waals surface area contributed by atoms with Gasteiger partial charge in [0.2, 0.25) is 0 Å². The van der Waals surface area contributed by atoms with Crippen LogP contribution in [0.3, 0.4) is 0 Å². The van der Waals surface area contributed by atoms with Crippen LogP contribution in [0.25, 0.3) is 10.9 Å². The molecule has 2 heterocycles. The van der Waals surface area contributed by atoms with E-state index in [1.807, 2.05) is 24.3 Å². The van der Waals surface area contributed by atoms with E-state index in [1.54, 1.807) is 25.3 Å². The molecular weight excluding hydrogens is 369 g/mol. The van der Waals surface area contributed by atoms with Crippen molar-refractivity contribution in [2.45, 2.75) is 38.8 Å². The van der Waals surface area contributed by atoms with Crippen molar-refractivity contribution in [2.75, 3.05) is 0 Å². The standard InChI is InChI=1S/C23H22FN3O2/c1-3-5-15-7-9-18(10-8-15)23(2)21(28)27(22(29)26-23)14-17-13-19(24)12-16-6-4-11-25-20(16)17/h4,6-13H,3,5,14H2,1-2H3,(H,26,29). The van der Waals surface area contributed by atoms with E-state index in [4.69, 9.17) is 0 Å². The SMILES string of the molecule is CCCc1ccc(C2(C)NC(=O)N(Cc3cc(F)cc4cccnc34)C2=O)cc1. The minimum Gasteiger partial charge on any atom is -0.319 e. The Kier molecular flexibility index (Phi) is 4.78. The zero-order valence-electron chi connectivity index (χ0n) is 16.4. The van der Waals surface area contributed by atoms with Gasteiger partial charge in [-0.1, -0.05) is 43.7 Å². The summed E-state index contributed by atoms with van der Waals surface area (Å²) in [6.07, 6.45) is 3.61. The van der Waals surface area contributed by atoms with Gasteiger partial charge in [-0.05, 0) is 42.7 Å². The molecule has 0 spiro atoms. The lowest BCUT2D eigenvalue weighted by Gasteiger charge is -2.22. The summed E-state index contributed by atoms with van der Waals surface area (Å²) in [5.41, 5.74) is 1.82. The van der Waals surface area contributed by atoms with Crippen LogP contribution in [-0.4, -0.2) is 21.8 Å². The van der Waals surface area contributed by atoms with Gasteiger partial charge in [-0.25, -0.2) is 9.18 Å². The highest BCUT2D eigenvalue weighted by Gasteiger charge is 2.49. The number of carbonyl (C=O) groups excluding carboxylic acids is 2. The van der Waals surface area contributed by atoms with Gasteiger partial charge in [0.1, 0.15) is 11.4 Å². The topological polar surface area (TPSA) is 62.3 Å². The first-order valence-electron chi connectivity index (χ1n) is 9.69. The largest absolute Gasteiger partial charge is 0.325 e. The van der Waals surface area contributed by atoms with Crippen molar-refractivity contribution in [1.29, 1.82) is 0 Å². The fraction of sp³-hybridized carbons (Fsp3) is 0.261. The highest BCUT2D eigenvalue weighted by atomic mass is 19.1. The normalized spacial score (nSPS) is 19.1. The number of carbonyl (C=O) groups is 2. The molecule has 5 nitrogen and oxygen atoms in total. The quantitative estimate of drug-likeness (QED) is 0.660. The number of fused-ring (bicyclic) bond motifs is 1. The summed E-state index contributed by atoms with van der Waals surface area (Å²) < 4.78 is 14.1. The third-order valence-corrected chi connectivity index (χ3v) is 5.42. The average molecular weight is 391 g/mol. The van der Waals surface area contributed by atoms with E-state index >= 15 is 0 Å². The molecule has 1 saturated heterocycles. The summed E-state index contributed by atoms with van der Waals surface area (Å²) in [5.74, 6) is -0.791. The van der Waals surface area contributed by atoms with Crippen LogP contribution in [0, 0.1) is 5.82 Å². The van der Waals surface area contributed by atoms with Crippen LogP contribution in [0.1, 0.15) is 37.0 Å². The van der Waals surface area contributed by atoms with Crippen molar-refractivity contribution < 1.29 is 14.0 Å². The number of pyridine rings is 1. The number of aromatic nitrogens is 1. The molecule has 29 heavy (non-hydrogen) atoms. The number of hydrogen-bond donors (Lipinski definition) is 1. The second-order valence-corrected chi connectivity index (χ2v) is 7.53. The predicted octanol–water partition coefficient (Wildman–Crippen LogP) is 4.29. The Hall–Kier alpha value is -3.28. The molecule has 0 radical (unpaired) electrons. The molecule has 3 aromatic rings. The maximum absolute atomic E-state index is 14.1. The molecule has 2 aromatic carbocycles. The van der Waals surface area contributed by atoms with Gasteiger partial charge in [0.25, 0.3) is 5.91 Å². The Bertz CT molecular complexity index is 1100. The third kappa shape index (κ3) is 3.35. The van der Waals surface area contributed by atoms with Crippen molar-refractivity contribution in [3.8, 4) is 0 Å². The number of aryl methyl sites for hydroxylation is 1. The van der Waals surface area contributed by atoms with Crippen molar-refractivity contribution in [3.05, 3.63) is 77.2 Å². The third-order valence-electron chi connectivity index (χ3n) is 5.42. The number of benzene rings is 2.